The van der Waals surface area contributed by atoms with E-state index in [1.807, 2.05) is 32.3 Å². The molecule has 136 valence electrons. The summed E-state index contributed by atoms with van der Waals surface area (Å²) in [7, 11) is 4.05. The number of likely N-dealkylation sites (N-methyl/N-ethyl adjacent to an activating group) is 1. The third-order valence-corrected chi connectivity index (χ3v) is 5.16. The molecule has 1 aliphatic carbocycles. The number of benzene rings is 2. The van der Waals surface area contributed by atoms with Gasteiger partial charge < -0.3 is 15.5 Å². The van der Waals surface area contributed by atoms with Gasteiger partial charge in [0.05, 0.1) is 5.69 Å². The summed E-state index contributed by atoms with van der Waals surface area (Å²) < 4.78 is 0.921. The normalized spacial score (nSPS) is 13.0. The van der Waals surface area contributed by atoms with E-state index in [-0.39, 0.29) is 11.7 Å². The third kappa shape index (κ3) is 4.14. The van der Waals surface area contributed by atoms with E-state index in [0.29, 0.717) is 29.7 Å². The molecule has 0 saturated carbocycles. The first-order chi connectivity index (χ1) is 12.5. The van der Waals surface area contributed by atoms with Crippen LogP contribution in [-0.2, 0) is 6.42 Å². The summed E-state index contributed by atoms with van der Waals surface area (Å²) in [6.45, 7) is 1.77. The number of halogens is 1. The van der Waals surface area contributed by atoms with Crippen LogP contribution in [-0.4, -0.2) is 43.8 Å². The van der Waals surface area contributed by atoms with Crippen molar-refractivity contribution in [3.63, 3.8) is 0 Å². The van der Waals surface area contributed by atoms with Gasteiger partial charge in [0.2, 0.25) is 0 Å². The maximum absolute atomic E-state index is 12.6. The molecule has 0 aromatic heterocycles. The summed E-state index contributed by atoms with van der Waals surface area (Å²) >= 11 is 3.48. The quantitative estimate of drug-likeness (QED) is 0.752. The number of carbonyl (C=O) groups excluding carboxylic acids is 2. The maximum atomic E-state index is 12.6. The number of rotatable bonds is 6. The fraction of sp³-hybridized carbons (Fsp3) is 0.300. The van der Waals surface area contributed by atoms with Crippen LogP contribution in [0.4, 0.5) is 11.4 Å². The van der Waals surface area contributed by atoms with Crippen LogP contribution in [0, 0.1) is 0 Å². The highest BCUT2D eigenvalue weighted by Crippen LogP contribution is 2.34. The topological polar surface area (TPSA) is 61.4 Å². The number of hydrogen-bond donors (Lipinski definition) is 2. The highest BCUT2D eigenvalue weighted by molar-refractivity contribution is 9.10. The van der Waals surface area contributed by atoms with Gasteiger partial charge in [-0.25, -0.2) is 0 Å². The lowest BCUT2D eigenvalue weighted by Crippen LogP contribution is -2.20. The van der Waals surface area contributed by atoms with Gasteiger partial charge in [0.15, 0.2) is 5.78 Å². The molecule has 0 radical (unpaired) electrons. The molecule has 2 aromatic carbocycles. The Hall–Kier alpha value is -2.18. The predicted molar refractivity (Wildman–Crippen MR) is 108 cm³/mol. The van der Waals surface area contributed by atoms with Gasteiger partial charge in [-0.15, -0.1) is 0 Å². The first-order valence-corrected chi connectivity index (χ1v) is 9.39. The summed E-state index contributed by atoms with van der Waals surface area (Å²) in [5, 5.41) is 6.20. The molecule has 0 atom stereocenters. The summed E-state index contributed by atoms with van der Waals surface area (Å²) in [6, 6.07) is 11.0. The third-order valence-electron chi connectivity index (χ3n) is 4.42. The molecule has 0 heterocycles. The van der Waals surface area contributed by atoms with E-state index in [2.05, 4.69) is 31.5 Å². The lowest BCUT2D eigenvalue weighted by Gasteiger charge is -2.13. The summed E-state index contributed by atoms with van der Waals surface area (Å²) in [5.74, 6) is -0.133. The molecule has 3 rings (SSSR count). The van der Waals surface area contributed by atoms with Gasteiger partial charge in [-0.3, -0.25) is 9.59 Å². The number of hydrogen-bond acceptors (Lipinski definition) is 4. The van der Waals surface area contributed by atoms with Crippen LogP contribution in [0.3, 0.4) is 0 Å². The molecule has 5 nitrogen and oxygen atoms in total. The zero-order valence-electron chi connectivity index (χ0n) is 14.9. The number of ketones is 1. The average Bonchev–Trinajstić information content (AvgIpc) is 3.00. The second kappa shape index (κ2) is 8.01. The number of carbonyl (C=O) groups is 2. The van der Waals surface area contributed by atoms with Crippen LogP contribution >= 0.6 is 15.9 Å². The van der Waals surface area contributed by atoms with Crippen LogP contribution in [0.2, 0.25) is 0 Å². The largest absolute Gasteiger partial charge is 0.384 e. The molecule has 0 bridgehead atoms. The van der Waals surface area contributed by atoms with Crippen molar-refractivity contribution >= 4 is 39.0 Å². The molecule has 0 saturated heterocycles. The molecule has 6 heteroatoms. The Bertz CT molecular complexity index is 832. The highest BCUT2D eigenvalue weighted by Gasteiger charge is 2.25. The van der Waals surface area contributed by atoms with E-state index in [1.54, 1.807) is 18.2 Å². The van der Waals surface area contributed by atoms with Gasteiger partial charge in [-0.2, -0.15) is 0 Å². The second-order valence-electron chi connectivity index (χ2n) is 6.63. The number of fused-ring (bicyclic) bond motifs is 1. The molecule has 0 fully saturated rings. The SMILES string of the molecule is CN(C)CCNc1ccc(C(=O)Nc2ccc(Br)c3c2C(=O)CC3)cc1. The van der Waals surface area contributed by atoms with Crippen LogP contribution < -0.4 is 10.6 Å². The van der Waals surface area contributed by atoms with E-state index in [0.717, 1.165) is 28.8 Å². The smallest absolute Gasteiger partial charge is 0.255 e. The highest BCUT2D eigenvalue weighted by atomic mass is 79.9. The summed E-state index contributed by atoms with van der Waals surface area (Å²) in [4.78, 5) is 26.8. The standard InChI is InChI=1S/C20H22BrN3O2/c1-24(2)12-11-22-14-5-3-13(4-6-14)20(26)23-17-9-8-16(21)15-7-10-18(25)19(15)17/h3-6,8-9,22H,7,10-12H2,1-2H3,(H,23,26). The van der Waals surface area contributed by atoms with Gasteiger partial charge in [0.1, 0.15) is 0 Å². The lowest BCUT2D eigenvalue weighted by molar-refractivity contribution is 0.0995. The maximum Gasteiger partial charge on any atom is 0.255 e. The van der Waals surface area contributed by atoms with Gasteiger partial charge in [-0.1, -0.05) is 15.9 Å². The molecular weight excluding hydrogens is 394 g/mol. The van der Waals surface area contributed by atoms with Crippen LogP contribution in [0.25, 0.3) is 0 Å². The van der Waals surface area contributed by atoms with Crippen molar-refractivity contribution in [2.45, 2.75) is 12.8 Å². The van der Waals surface area contributed by atoms with E-state index >= 15 is 0 Å². The number of Topliss-reactive ketones (excluding diaryl/α,β-unsaturated/α-hetero) is 1. The van der Waals surface area contributed by atoms with Crippen LogP contribution in [0.1, 0.15) is 32.7 Å². The lowest BCUT2D eigenvalue weighted by atomic mass is 10.1. The van der Waals surface area contributed by atoms with E-state index in [9.17, 15) is 9.59 Å². The molecule has 0 spiro atoms. The minimum Gasteiger partial charge on any atom is -0.384 e. The molecule has 1 amide bonds. The first kappa shape index (κ1) is 18.6. The monoisotopic (exact) mass is 415 g/mol. The predicted octanol–water partition coefficient (Wildman–Crippen LogP) is 3.80. The molecular formula is C20H22BrN3O2. The summed E-state index contributed by atoms with van der Waals surface area (Å²) in [6.07, 6.45) is 1.21. The average molecular weight is 416 g/mol. The minimum absolute atomic E-state index is 0.0806. The van der Waals surface area contributed by atoms with E-state index < -0.39 is 0 Å². The van der Waals surface area contributed by atoms with Crippen molar-refractivity contribution in [1.29, 1.82) is 0 Å². The van der Waals surface area contributed by atoms with Crippen molar-refractivity contribution in [3.8, 4) is 0 Å². The Morgan fingerprint density at radius 3 is 2.54 bits per heavy atom. The Kier molecular flexibility index (Phi) is 5.74. The molecule has 2 N–H and O–H groups in total. The Labute approximate surface area is 161 Å². The fourth-order valence-corrected chi connectivity index (χ4v) is 3.54. The molecule has 1 aliphatic rings. The van der Waals surface area contributed by atoms with Crippen LogP contribution in [0.15, 0.2) is 40.9 Å². The Balaban J connectivity index is 1.69. The van der Waals surface area contributed by atoms with Crippen LogP contribution in [0.5, 0.6) is 0 Å². The molecule has 2 aromatic rings. The first-order valence-electron chi connectivity index (χ1n) is 8.60. The number of nitrogens with zero attached hydrogens (tertiary/aromatic N) is 1. The Morgan fingerprint density at radius 2 is 1.85 bits per heavy atom. The van der Waals surface area contributed by atoms with Crippen molar-refractivity contribution in [3.05, 3.63) is 57.6 Å². The number of nitrogens with one attached hydrogen (secondary N) is 2. The van der Waals surface area contributed by atoms with Crippen molar-refractivity contribution in [1.82, 2.24) is 4.90 Å². The van der Waals surface area contributed by atoms with Gasteiger partial charge >= 0.3 is 0 Å². The fourth-order valence-electron chi connectivity index (χ4n) is 3.01. The minimum atomic E-state index is -0.214. The van der Waals surface area contributed by atoms with Gasteiger partial charge in [0, 0.05) is 40.8 Å². The molecule has 0 unspecified atom stereocenters. The van der Waals surface area contributed by atoms with E-state index in [4.69, 9.17) is 0 Å². The van der Waals surface area contributed by atoms with Crippen molar-refractivity contribution in [2.24, 2.45) is 0 Å². The van der Waals surface area contributed by atoms with E-state index in [1.165, 1.54) is 0 Å². The molecule has 26 heavy (non-hydrogen) atoms. The van der Waals surface area contributed by atoms with Crippen molar-refractivity contribution < 1.29 is 9.59 Å². The Morgan fingerprint density at radius 1 is 1.12 bits per heavy atom. The van der Waals surface area contributed by atoms with Gasteiger partial charge in [-0.05, 0) is 62.5 Å². The molecule has 0 aliphatic heterocycles. The zero-order chi connectivity index (χ0) is 18.7. The summed E-state index contributed by atoms with van der Waals surface area (Å²) in [5.41, 5.74) is 3.74. The second-order valence-corrected chi connectivity index (χ2v) is 7.49. The number of anilines is 2. The van der Waals surface area contributed by atoms with Gasteiger partial charge in [0.25, 0.3) is 5.91 Å². The number of amides is 1. The zero-order valence-corrected chi connectivity index (χ0v) is 16.5. The van der Waals surface area contributed by atoms with Crippen molar-refractivity contribution in [2.75, 3.05) is 37.8 Å².